The van der Waals surface area contributed by atoms with E-state index in [1.54, 1.807) is 0 Å². The molecule has 2 heteroatoms. The first-order chi connectivity index (χ1) is 6.72. The van der Waals surface area contributed by atoms with Gasteiger partial charge in [-0.05, 0) is 30.5 Å². The lowest BCUT2D eigenvalue weighted by Crippen LogP contribution is -1.86. The molecule has 0 saturated carbocycles. The zero-order chi connectivity index (χ0) is 10.1. The lowest BCUT2D eigenvalue weighted by atomic mass is 10.1. The second-order valence-electron chi connectivity index (χ2n) is 3.50. The normalized spacial score (nSPS) is 10.7. The standard InChI is InChI=1S/C12H13NO/c1-3-9-6-10-5-4-8(2)12(14)11(10)13-7-9/h4-7,14H,3H2,1-2H3. The van der Waals surface area contributed by atoms with Crippen LogP contribution in [0.2, 0.25) is 0 Å². The fourth-order valence-electron chi connectivity index (χ4n) is 1.53. The Morgan fingerprint density at radius 2 is 2.14 bits per heavy atom. The van der Waals surface area contributed by atoms with Gasteiger partial charge in [-0.2, -0.15) is 0 Å². The summed E-state index contributed by atoms with van der Waals surface area (Å²) in [5, 5.41) is 10.8. The highest BCUT2D eigenvalue weighted by molar-refractivity contribution is 5.85. The van der Waals surface area contributed by atoms with Crippen LogP contribution in [0, 0.1) is 6.92 Å². The van der Waals surface area contributed by atoms with Gasteiger partial charge in [0.05, 0.1) is 0 Å². The third-order valence-electron chi connectivity index (χ3n) is 2.49. The minimum absolute atomic E-state index is 0.296. The molecule has 0 amide bonds. The monoisotopic (exact) mass is 187 g/mol. The van der Waals surface area contributed by atoms with Crippen molar-refractivity contribution in [1.29, 1.82) is 0 Å². The van der Waals surface area contributed by atoms with Crippen molar-refractivity contribution in [2.45, 2.75) is 20.3 Å². The molecule has 72 valence electrons. The van der Waals surface area contributed by atoms with E-state index in [4.69, 9.17) is 0 Å². The maximum absolute atomic E-state index is 9.76. The van der Waals surface area contributed by atoms with Crippen molar-refractivity contribution >= 4 is 10.9 Å². The number of aromatic hydroxyl groups is 1. The first-order valence-corrected chi connectivity index (χ1v) is 4.79. The van der Waals surface area contributed by atoms with Gasteiger partial charge in [-0.3, -0.25) is 4.98 Å². The predicted molar refractivity (Wildman–Crippen MR) is 57.5 cm³/mol. The van der Waals surface area contributed by atoms with Crippen molar-refractivity contribution in [3.05, 3.63) is 35.5 Å². The van der Waals surface area contributed by atoms with Gasteiger partial charge >= 0.3 is 0 Å². The van der Waals surface area contributed by atoms with Crippen molar-refractivity contribution in [2.75, 3.05) is 0 Å². The molecule has 1 aromatic heterocycles. The van der Waals surface area contributed by atoms with Gasteiger partial charge in [0.1, 0.15) is 11.3 Å². The van der Waals surface area contributed by atoms with E-state index in [0.29, 0.717) is 11.3 Å². The highest BCUT2D eigenvalue weighted by Crippen LogP contribution is 2.26. The van der Waals surface area contributed by atoms with E-state index < -0.39 is 0 Å². The predicted octanol–water partition coefficient (Wildman–Crippen LogP) is 2.81. The quantitative estimate of drug-likeness (QED) is 0.744. The lowest BCUT2D eigenvalue weighted by Gasteiger charge is -2.04. The third kappa shape index (κ3) is 1.33. The Hall–Kier alpha value is -1.57. The molecule has 2 rings (SSSR count). The second-order valence-corrected chi connectivity index (χ2v) is 3.50. The smallest absolute Gasteiger partial charge is 0.144 e. The van der Waals surface area contributed by atoms with Gasteiger partial charge in [0.25, 0.3) is 0 Å². The molecule has 0 atom stereocenters. The Morgan fingerprint density at radius 3 is 2.86 bits per heavy atom. The van der Waals surface area contributed by atoms with E-state index in [0.717, 1.165) is 17.4 Å². The number of hydrogen-bond donors (Lipinski definition) is 1. The van der Waals surface area contributed by atoms with Crippen LogP contribution in [0.4, 0.5) is 0 Å². The highest BCUT2D eigenvalue weighted by atomic mass is 16.3. The van der Waals surface area contributed by atoms with Crippen LogP contribution < -0.4 is 0 Å². The van der Waals surface area contributed by atoms with Gasteiger partial charge in [-0.25, -0.2) is 0 Å². The van der Waals surface area contributed by atoms with Gasteiger partial charge in [-0.1, -0.05) is 19.1 Å². The number of aromatic nitrogens is 1. The highest BCUT2D eigenvalue weighted by Gasteiger charge is 2.04. The molecule has 0 bridgehead atoms. The SMILES string of the molecule is CCc1cnc2c(O)c(C)ccc2c1. The van der Waals surface area contributed by atoms with Gasteiger partial charge in [0.15, 0.2) is 0 Å². The largest absolute Gasteiger partial charge is 0.505 e. The molecule has 2 nitrogen and oxygen atoms in total. The number of benzene rings is 1. The molecule has 1 N–H and O–H groups in total. The van der Waals surface area contributed by atoms with Crippen molar-refractivity contribution < 1.29 is 5.11 Å². The Morgan fingerprint density at radius 1 is 1.36 bits per heavy atom. The summed E-state index contributed by atoms with van der Waals surface area (Å²) in [6.07, 6.45) is 2.79. The van der Waals surface area contributed by atoms with E-state index in [9.17, 15) is 5.11 Å². The van der Waals surface area contributed by atoms with E-state index in [1.165, 1.54) is 5.56 Å². The molecule has 2 aromatic rings. The summed E-state index contributed by atoms with van der Waals surface area (Å²) < 4.78 is 0. The van der Waals surface area contributed by atoms with Crippen LogP contribution >= 0.6 is 0 Å². The summed E-state index contributed by atoms with van der Waals surface area (Å²) in [6.45, 7) is 3.97. The van der Waals surface area contributed by atoms with E-state index >= 15 is 0 Å². The van der Waals surface area contributed by atoms with Gasteiger partial charge in [0, 0.05) is 11.6 Å². The minimum Gasteiger partial charge on any atom is -0.505 e. The zero-order valence-electron chi connectivity index (χ0n) is 8.41. The topological polar surface area (TPSA) is 33.1 Å². The van der Waals surface area contributed by atoms with Crippen molar-refractivity contribution in [3.63, 3.8) is 0 Å². The number of fused-ring (bicyclic) bond motifs is 1. The first-order valence-electron chi connectivity index (χ1n) is 4.79. The third-order valence-corrected chi connectivity index (χ3v) is 2.49. The van der Waals surface area contributed by atoms with Crippen molar-refractivity contribution in [2.24, 2.45) is 0 Å². The van der Waals surface area contributed by atoms with Crippen LogP contribution in [0.1, 0.15) is 18.1 Å². The van der Waals surface area contributed by atoms with Crippen molar-refractivity contribution in [3.8, 4) is 5.75 Å². The number of phenolic OH excluding ortho intramolecular Hbond substituents is 1. The molecular formula is C12H13NO. The summed E-state index contributed by atoms with van der Waals surface area (Å²) in [6, 6.07) is 5.98. The maximum atomic E-state index is 9.76. The van der Waals surface area contributed by atoms with Crippen molar-refractivity contribution in [1.82, 2.24) is 4.98 Å². The Balaban J connectivity index is 2.74. The average Bonchev–Trinajstić information content (AvgIpc) is 2.23. The van der Waals surface area contributed by atoms with E-state index in [-0.39, 0.29) is 0 Å². The molecule has 1 heterocycles. The fraction of sp³-hybridized carbons (Fsp3) is 0.250. The van der Waals surface area contributed by atoms with Crippen LogP contribution in [0.5, 0.6) is 5.75 Å². The zero-order valence-corrected chi connectivity index (χ0v) is 8.41. The maximum Gasteiger partial charge on any atom is 0.144 e. The number of phenols is 1. The summed E-state index contributed by atoms with van der Waals surface area (Å²) in [7, 11) is 0. The summed E-state index contributed by atoms with van der Waals surface area (Å²) >= 11 is 0. The molecule has 14 heavy (non-hydrogen) atoms. The molecule has 0 aliphatic heterocycles. The van der Waals surface area contributed by atoms with Crippen LogP contribution in [0.15, 0.2) is 24.4 Å². The molecule has 0 unspecified atom stereocenters. The van der Waals surface area contributed by atoms with Crippen LogP contribution in [0.3, 0.4) is 0 Å². The fourth-order valence-corrected chi connectivity index (χ4v) is 1.53. The molecule has 0 saturated heterocycles. The molecule has 0 fully saturated rings. The lowest BCUT2D eigenvalue weighted by molar-refractivity contribution is 0.476. The number of aryl methyl sites for hydroxylation is 2. The Bertz CT molecular complexity index is 477. The molecule has 1 aromatic carbocycles. The summed E-state index contributed by atoms with van der Waals surface area (Å²) in [5.41, 5.74) is 2.76. The number of nitrogens with zero attached hydrogens (tertiary/aromatic N) is 1. The first kappa shape index (κ1) is 9.00. The Kier molecular flexibility index (Phi) is 2.12. The second kappa shape index (κ2) is 3.29. The minimum atomic E-state index is 0.296. The van der Waals surface area contributed by atoms with Gasteiger partial charge in [0.2, 0.25) is 0 Å². The summed E-state index contributed by atoms with van der Waals surface area (Å²) in [4.78, 5) is 4.26. The van der Waals surface area contributed by atoms with Gasteiger partial charge in [-0.15, -0.1) is 0 Å². The molecule has 0 aliphatic carbocycles. The van der Waals surface area contributed by atoms with Crippen LogP contribution in [-0.2, 0) is 6.42 Å². The van der Waals surface area contributed by atoms with Crippen LogP contribution in [-0.4, -0.2) is 10.1 Å². The summed E-state index contributed by atoms with van der Waals surface area (Å²) in [5.74, 6) is 0.296. The number of rotatable bonds is 1. The van der Waals surface area contributed by atoms with E-state index in [2.05, 4.69) is 18.0 Å². The number of hydrogen-bond acceptors (Lipinski definition) is 2. The Labute approximate surface area is 83.2 Å². The molecule has 0 radical (unpaired) electrons. The van der Waals surface area contributed by atoms with Crippen LogP contribution in [0.25, 0.3) is 10.9 Å². The molecule has 0 aliphatic rings. The van der Waals surface area contributed by atoms with Gasteiger partial charge < -0.3 is 5.11 Å². The average molecular weight is 187 g/mol. The molecular weight excluding hydrogens is 174 g/mol. The molecule has 0 spiro atoms. The number of pyridine rings is 1. The van der Waals surface area contributed by atoms with E-state index in [1.807, 2.05) is 25.3 Å².